The lowest BCUT2D eigenvalue weighted by Crippen LogP contribution is -2.37. The molecule has 1 aliphatic heterocycles. The topological polar surface area (TPSA) is 51.1 Å². The van der Waals surface area contributed by atoms with Gasteiger partial charge in [-0.25, -0.2) is 0 Å². The van der Waals surface area contributed by atoms with Crippen LogP contribution in [0.1, 0.15) is 33.6 Å². The molecule has 0 spiro atoms. The highest BCUT2D eigenvalue weighted by molar-refractivity contribution is 6.01. The smallest absolute Gasteiger partial charge is 0.319 e. The highest BCUT2D eigenvalue weighted by atomic mass is 16.6. The average Bonchev–Trinajstić information content (AvgIpc) is 2.84. The first-order chi connectivity index (χ1) is 9.58. The van der Waals surface area contributed by atoms with E-state index in [9.17, 15) is 4.79 Å². The van der Waals surface area contributed by atoms with Gasteiger partial charge in [0.2, 0.25) is 0 Å². The number of esters is 1. The monoisotopic (exact) mass is 280 g/mol. The fraction of sp³-hybridized carbons (Fsp3) is 0.733. The number of hydrogen-bond acceptors (Lipinski definition) is 5. The zero-order valence-corrected chi connectivity index (χ0v) is 12.8. The number of likely N-dealkylation sites (tertiary alicyclic amines) is 1. The second kappa shape index (κ2) is 8.60. The first kappa shape index (κ1) is 16.5. The van der Waals surface area contributed by atoms with E-state index in [4.69, 9.17) is 9.57 Å². The average molecular weight is 280 g/mol. The Kier molecular flexibility index (Phi) is 7.10. The highest BCUT2D eigenvalue weighted by Gasteiger charge is 2.27. The maximum atomic E-state index is 11.3. The molecule has 20 heavy (non-hydrogen) atoms. The minimum Gasteiger partial charge on any atom is -0.468 e. The second-order valence-corrected chi connectivity index (χ2v) is 5.14. The van der Waals surface area contributed by atoms with Gasteiger partial charge < -0.3 is 9.57 Å². The van der Waals surface area contributed by atoms with E-state index in [1.54, 1.807) is 6.92 Å². The summed E-state index contributed by atoms with van der Waals surface area (Å²) in [6.07, 6.45) is 2.09. The molecule has 0 unspecified atom stereocenters. The summed E-state index contributed by atoms with van der Waals surface area (Å²) in [6, 6.07) is 0.223. The van der Waals surface area contributed by atoms with Gasteiger partial charge in [0.25, 0.3) is 0 Å². The number of carbonyl (C=O) groups is 1. The molecule has 1 saturated heterocycles. The van der Waals surface area contributed by atoms with Crippen molar-refractivity contribution in [3.05, 3.63) is 0 Å². The maximum absolute atomic E-state index is 11.3. The van der Waals surface area contributed by atoms with E-state index in [2.05, 4.69) is 21.9 Å². The molecule has 1 rings (SSSR count). The Morgan fingerprint density at radius 2 is 2.25 bits per heavy atom. The zero-order valence-electron chi connectivity index (χ0n) is 12.8. The summed E-state index contributed by atoms with van der Waals surface area (Å²) < 4.78 is 4.70. The van der Waals surface area contributed by atoms with Crippen molar-refractivity contribution in [3.63, 3.8) is 0 Å². The summed E-state index contributed by atoms with van der Waals surface area (Å²) in [5, 5.41) is 4.11. The Morgan fingerprint density at radius 3 is 2.85 bits per heavy atom. The molecule has 0 aliphatic carbocycles. The minimum absolute atomic E-state index is 0.208. The fourth-order valence-corrected chi connectivity index (χ4v) is 2.12. The number of carbonyl (C=O) groups excluding carboxylic acids is 1. The summed E-state index contributed by atoms with van der Waals surface area (Å²) in [5.41, 5.74) is 0.755. The summed E-state index contributed by atoms with van der Waals surface area (Å²) in [6.45, 7) is 7.56. The zero-order chi connectivity index (χ0) is 15.0. The molecular weight excluding hydrogens is 256 g/mol. The van der Waals surface area contributed by atoms with Gasteiger partial charge in [-0.15, -0.1) is 0 Å². The normalized spacial score (nSPS) is 19.6. The van der Waals surface area contributed by atoms with Crippen LogP contribution in [0.3, 0.4) is 0 Å². The van der Waals surface area contributed by atoms with Crippen LogP contribution >= 0.6 is 0 Å². The van der Waals surface area contributed by atoms with Gasteiger partial charge in [0.1, 0.15) is 12.3 Å². The van der Waals surface area contributed by atoms with Crippen molar-refractivity contribution in [3.8, 4) is 11.8 Å². The summed E-state index contributed by atoms with van der Waals surface area (Å²) in [5.74, 6) is 5.82. The second-order valence-electron chi connectivity index (χ2n) is 5.14. The van der Waals surface area contributed by atoms with Crippen LogP contribution in [0.5, 0.6) is 0 Å². The molecule has 0 aromatic carbocycles. The molecule has 0 saturated carbocycles. The third-order valence-electron chi connectivity index (χ3n) is 3.29. The van der Waals surface area contributed by atoms with Crippen molar-refractivity contribution in [2.45, 2.75) is 39.7 Å². The first-order valence-electron chi connectivity index (χ1n) is 7.02. The summed E-state index contributed by atoms with van der Waals surface area (Å²) in [7, 11) is 1.41. The van der Waals surface area contributed by atoms with Gasteiger partial charge in [0, 0.05) is 12.0 Å². The molecule has 0 radical (unpaired) electrons. The van der Waals surface area contributed by atoms with E-state index >= 15 is 0 Å². The van der Waals surface area contributed by atoms with Crippen LogP contribution in [0.15, 0.2) is 5.16 Å². The molecule has 0 N–H and O–H groups in total. The Balaban J connectivity index is 2.48. The Bertz CT molecular complexity index is 407. The molecule has 1 atom stereocenters. The van der Waals surface area contributed by atoms with Crippen LogP contribution in [0.25, 0.3) is 0 Å². The molecule has 112 valence electrons. The number of ether oxygens (including phenoxy) is 1. The van der Waals surface area contributed by atoms with Gasteiger partial charge in [0.15, 0.2) is 0 Å². The Morgan fingerprint density at radius 1 is 1.50 bits per heavy atom. The van der Waals surface area contributed by atoms with Gasteiger partial charge >= 0.3 is 5.97 Å². The van der Waals surface area contributed by atoms with Crippen LogP contribution < -0.4 is 0 Å². The van der Waals surface area contributed by atoms with Gasteiger partial charge in [-0.3, -0.25) is 9.69 Å². The van der Waals surface area contributed by atoms with Crippen LogP contribution in [-0.4, -0.2) is 49.4 Å². The quantitative estimate of drug-likeness (QED) is 0.321. The van der Waals surface area contributed by atoms with Crippen molar-refractivity contribution >= 4 is 11.7 Å². The molecule has 0 aromatic rings. The standard InChI is InChI=1S/C15H24N2O3/c1-5-7-14(12(2)3)16-20-11-13-8-6-9-17(13)10-15(18)19-4/h12-13H,6,8-11H2,1-4H3/b16-14+/t13-/m1/s1. The minimum atomic E-state index is -0.208. The van der Waals surface area contributed by atoms with Crippen LogP contribution in [-0.2, 0) is 14.4 Å². The van der Waals surface area contributed by atoms with E-state index in [-0.39, 0.29) is 17.9 Å². The summed E-state index contributed by atoms with van der Waals surface area (Å²) in [4.78, 5) is 18.8. The molecule has 5 nitrogen and oxygen atoms in total. The number of rotatable bonds is 6. The molecule has 0 aromatic heterocycles. The van der Waals surface area contributed by atoms with Crippen LogP contribution in [0.4, 0.5) is 0 Å². The van der Waals surface area contributed by atoms with Crippen LogP contribution in [0, 0.1) is 17.8 Å². The molecule has 1 fully saturated rings. The SMILES string of the molecule is CC#C/C(=N\OC[C@H]1CCCN1CC(=O)OC)C(C)C. The van der Waals surface area contributed by atoms with Crippen molar-refractivity contribution in [1.82, 2.24) is 4.90 Å². The van der Waals surface area contributed by atoms with Gasteiger partial charge in [-0.05, 0) is 32.2 Å². The lowest BCUT2D eigenvalue weighted by Gasteiger charge is -2.21. The molecular formula is C15H24N2O3. The molecule has 1 aliphatic rings. The number of nitrogens with zero attached hydrogens (tertiary/aromatic N) is 2. The Hall–Kier alpha value is -1.54. The number of oxime groups is 1. The predicted octanol–water partition coefficient (Wildman–Crippen LogP) is 1.68. The van der Waals surface area contributed by atoms with E-state index in [0.29, 0.717) is 13.2 Å². The third-order valence-corrected chi connectivity index (χ3v) is 3.29. The largest absolute Gasteiger partial charge is 0.468 e. The lowest BCUT2D eigenvalue weighted by atomic mass is 10.1. The fourth-order valence-electron chi connectivity index (χ4n) is 2.12. The number of hydrogen-bond donors (Lipinski definition) is 0. The van der Waals surface area contributed by atoms with Crippen molar-refractivity contribution < 1.29 is 14.4 Å². The highest BCUT2D eigenvalue weighted by Crippen LogP contribution is 2.17. The third kappa shape index (κ3) is 5.22. The van der Waals surface area contributed by atoms with Crippen molar-refractivity contribution in [2.75, 3.05) is 26.8 Å². The molecule has 1 heterocycles. The van der Waals surface area contributed by atoms with Crippen LogP contribution in [0.2, 0.25) is 0 Å². The van der Waals surface area contributed by atoms with Gasteiger partial charge in [-0.1, -0.05) is 24.9 Å². The predicted molar refractivity (Wildman–Crippen MR) is 78.3 cm³/mol. The first-order valence-corrected chi connectivity index (χ1v) is 7.02. The molecule has 5 heteroatoms. The van der Waals surface area contributed by atoms with E-state index in [1.165, 1.54) is 7.11 Å². The van der Waals surface area contributed by atoms with E-state index < -0.39 is 0 Å². The summed E-state index contributed by atoms with van der Waals surface area (Å²) >= 11 is 0. The number of methoxy groups -OCH3 is 1. The van der Waals surface area contributed by atoms with E-state index in [1.807, 2.05) is 13.8 Å². The molecule has 0 amide bonds. The lowest BCUT2D eigenvalue weighted by molar-refractivity contribution is -0.142. The Labute approximate surface area is 121 Å². The van der Waals surface area contributed by atoms with Crippen molar-refractivity contribution in [1.29, 1.82) is 0 Å². The van der Waals surface area contributed by atoms with Crippen molar-refractivity contribution in [2.24, 2.45) is 11.1 Å². The maximum Gasteiger partial charge on any atom is 0.319 e. The van der Waals surface area contributed by atoms with Gasteiger partial charge in [0.05, 0.1) is 13.7 Å². The van der Waals surface area contributed by atoms with Gasteiger partial charge in [-0.2, -0.15) is 0 Å². The molecule has 0 bridgehead atoms. The van der Waals surface area contributed by atoms with E-state index in [0.717, 1.165) is 25.1 Å².